The third kappa shape index (κ3) is 2.18. The lowest BCUT2D eigenvalue weighted by Crippen LogP contribution is -2.30. The van der Waals surface area contributed by atoms with Crippen molar-refractivity contribution in [3.05, 3.63) is 35.9 Å². The molecule has 0 amide bonds. The molecule has 5 nitrogen and oxygen atoms in total. The number of rotatable bonds is 3. The first-order valence-electron chi connectivity index (χ1n) is 5.25. The molecule has 0 unspecified atom stereocenters. The van der Waals surface area contributed by atoms with Crippen molar-refractivity contribution in [2.24, 2.45) is 11.1 Å². The van der Waals surface area contributed by atoms with Crippen LogP contribution in [0.4, 0.5) is 0 Å². The van der Waals surface area contributed by atoms with E-state index in [2.05, 4.69) is 9.99 Å². The van der Waals surface area contributed by atoms with Gasteiger partial charge in [-0.1, -0.05) is 35.5 Å². The molecule has 0 saturated heterocycles. The number of carbonyl (C=O) groups excluding carboxylic acids is 2. The van der Waals surface area contributed by atoms with Gasteiger partial charge in [0.05, 0.1) is 6.61 Å². The van der Waals surface area contributed by atoms with Gasteiger partial charge >= 0.3 is 11.9 Å². The monoisotopic (exact) mass is 233 g/mol. The molecular weight excluding hydrogens is 222 g/mol. The van der Waals surface area contributed by atoms with Crippen molar-refractivity contribution in [3.63, 3.8) is 0 Å². The van der Waals surface area contributed by atoms with E-state index in [1.165, 1.54) is 0 Å². The smallest absolute Gasteiger partial charge is 0.355 e. The van der Waals surface area contributed by atoms with Crippen molar-refractivity contribution in [2.75, 3.05) is 6.61 Å². The molecule has 1 aliphatic heterocycles. The molecule has 1 aromatic carbocycles. The normalized spacial score (nSPS) is 18.5. The van der Waals surface area contributed by atoms with Gasteiger partial charge in [-0.3, -0.25) is 4.79 Å². The average Bonchev–Trinajstić information content (AvgIpc) is 2.73. The van der Waals surface area contributed by atoms with Gasteiger partial charge in [0.1, 0.15) is 5.71 Å². The van der Waals surface area contributed by atoms with Gasteiger partial charge in [-0.2, -0.15) is 0 Å². The highest BCUT2D eigenvalue weighted by Crippen LogP contribution is 2.19. The molecule has 0 aromatic heterocycles. The van der Waals surface area contributed by atoms with Gasteiger partial charge in [-0.05, 0) is 6.92 Å². The molecule has 0 bridgehead atoms. The summed E-state index contributed by atoms with van der Waals surface area (Å²) in [6, 6.07) is 8.94. The minimum Gasteiger partial charge on any atom is -0.465 e. The maximum atomic E-state index is 11.6. The van der Waals surface area contributed by atoms with E-state index >= 15 is 0 Å². The third-order valence-corrected chi connectivity index (χ3v) is 2.33. The number of hydrogen-bond acceptors (Lipinski definition) is 5. The van der Waals surface area contributed by atoms with Crippen LogP contribution in [0.3, 0.4) is 0 Å². The molecule has 88 valence electrons. The number of oxime groups is 1. The Kier molecular flexibility index (Phi) is 3.18. The number of benzene rings is 1. The molecule has 17 heavy (non-hydrogen) atoms. The lowest BCUT2D eigenvalue weighted by Gasteiger charge is -2.07. The zero-order valence-electron chi connectivity index (χ0n) is 9.25. The van der Waals surface area contributed by atoms with Gasteiger partial charge in [0.25, 0.3) is 0 Å². The summed E-state index contributed by atoms with van der Waals surface area (Å²) in [5.74, 6) is -2.39. The maximum Gasteiger partial charge on any atom is 0.355 e. The zero-order valence-corrected chi connectivity index (χ0v) is 9.25. The number of nitrogens with zero attached hydrogens (tertiary/aromatic N) is 1. The summed E-state index contributed by atoms with van der Waals surface area (Å²) < 4.78 is 4.83. The van der Waals surface area contributed by atoms with Crippen LogP contribution in [0.15, 0.2) is 35.5 Å². The highest BCUT2D eigenvalue weighted by molar-refractivity contribution is 6.24. The highest BCUT2D eigenvalue weighted by atomic mass is 16.7. The van der Waals surface area contributed by atoms with Gasteiger partial charge in [0.15, 0.2) is 0 Å². The molecular formula is C12H11NO4. The lowest BCUT2D eigenvalue weighted by atomic mass is 9.97. The van der Waals surface area contributed by atoms with Gasteiger partial charge in [0.2, 0.25) is 5.92 Å². The maximum absolute atomic E-state index is 11.6. The van der Waals surface area contributed by atoms with Crippen molar-refractivity contribution in [3.8, 4) is 0 Å². The summed E-state index contributed by atoms with van der Waals surface area (Å²) in [4.78, 5) is 27.6. The topological polar surface area (TPSA) is 65.0 Å². The van der Waals surface area contributed by atoms with Crippen LogP contribution in [0.2, 0.25) is 0 Å². The van der Waals surface area contributed by atoms with Crippen LogP contribution < -0.4 is 0 Å². The molecule has 5 heteroatoms. The van der Waals surface area contributed by atoms with Gasteiger partial charge < -0.3 is 9.57 Å². The van der Waals surface area contributed by atoms with E-state index in [0.717, 1.165) is 0 Å². The number of hydrogen-bond donors (Lipinski definition) is 0. The first-order valence-corrected chi connectivity index (χ1v) is 5.25. The summed E-state index contributed by atoms with van der Waals surface area (Å²) in [5, 5.41) is 3.64. The second kappa shape index (κ2) is 4.78. The fraction of sp³-hybridized carbons (Fsp3) is 0.250. The Balaban J connectivity index is 2.28. The molecule has 0 radical (unpaired) electrons. The first-order chi connectivity index (χ1) is 8.24. The van der Waals surface area contributed by atoms with E-state index in [1.807, 2.05) is 6.07 Å². The van der Waals surface area contributed by atoms with Crippen LogP contribution in [-0.4, -0.2) is 24.3 Å². The fourth-order valence-corrected chi connectivity index (χ4v) is 1.57. The van der Waals surface area contributed by atoms with E-state index in [0.29, 0.717) is 11.3 Å². The standard InChI is InChI=1S/C12H11NO4/c1-2-16-11(14)9-10(13-17-12(9)15)8-6-4-3-5-7-8/h3-7,9H,2H2,1H3/t9-/m0/s1. The Hall–Kier alpha value is -2.17. The molecule has 1 aliphatic rings. The van der Waals surface area contributed by atoms with E-state index in [4.69, 9.17) is 4.74 Å². The largest absolute Gasteiger partial charge is 0.465 e. The van der Waals surface area contributed by atoms with Crippen molar-refractivity contribution < 1.29 is 19.2 Å². The molecule has 1 aromatic rings. The number of carbonyl (C=O) groups is 2. The van der Waals surface area contributed by atoms with Crippen LogP contribution in [-0.2, 0) is 19.2 Å². The molecule has 0 aliphatic carbocycles. The second-order valence-corrected chi connectivity index (χ2v) is 3.44. The van der Waals surface area contributed by atoms with Crippen LogP contribution in [0, 0.1) is 5.92 Å². The summed E-state index contributed by atoms with van der Waals surface area (Å²) in [6.07, 6.45) is 0. The third-order valence-electron chi connectivity index (χ3n) is 2.33. The molecule has 2 rings (SSSR count). The second-order valence-electron chi connectivity index (χ2n) is 3.44. The molecule has 0 saturated carbocycles. The highest BCUT2D eigenvalue weighted by Gasteiger charge is 2.40. The lowest BCUT2D eigenvalue weighted by molar-refractivity contribution is -0.155. The van der Waals surface area contributed by atoms with Crippen LogP contribution in [0.5, 0.6) is 0 Å². The Morgan fingerprint density at radius 3 is 2.76 bits per heavy atom. The van der Waals surface area contributed by atoms with E-state index in [-0.39, 0.29) is 6.61 Å². The molecule has 1 atom stereocenters. The summed E-state index contributed by atoms with van der Waals surface area (Å²) in [5.41, 5.74) is 0.977. The van der Waals surface area contributed by atoms with Crippen molar-refractivity contribution in [2.45, 2.75) is 6.92 Å². The zero-order chi connectivity index (χ0) is 12.3. The van der Waals surface area contributed by atoms with Crippen LogP contribution in [0.25, 0.3) is 0 Å². The molecule has 0 N–H and O–H groups in total. The predicted octanol–water partition coefficient (Wildman–Crippen LogP) is 1.13. The van der Waals surface area contributed by atoms with E-state index < -0.39 is 17.9 Å². The Bertz CT molecular complexity index is 467. The minimum absolute atomic E-state index is 0.213. The van der Waals surface area contributed by atoms with Gasteiger partial charge in [-0.15, -0.1) is 0 Å². The van der Waals surface area contributed by atoms with Crippen molar-refractivity contribution >= 4 is 17.7 Å². The number of esters is 1. The van der Waals surface area contributed by atoms with E-state index in [1.54, 1.807) is 31.2 Å². The number of ether oxygens (including phenoxy) is 1. The Morgan fingerprint density at radius 1 is 1.41 bits per heavy atom. The first kappa shape index (κ1) is 11.3. The summed E-state index contributed by atoms with van der Waals surface area (Å²) in [6.45, 7) is 1.89. The Morgan fingerprint density at radius 2 is 2.12 bits per heavy atom. The molecule has 0 fully saturated rings. The fourth-order valence-electron chi connectivity index (χ4n) is 1.57. The summed E-state index contributed by atoms with van der Waals surface area (Å²) in [7, 11) is 0. The van der Waals surface area contributed by atoms with E-state index in [9.17, 15) is 9.59 Å². The molecule has 0 spiro atoms. The predicted molar refractivity (Wildman–Crippen MR) is 59.2 cm³/mol. The van der Waals surface area contributed by atoms with Crippen molar-refractivity contribution in [1.29, 1.82) is 0 Å². The van der Waals surface area contributed by atoms with Crippen molar-refractivity contribution in [1.82, 2.24) is 0 Å². The van der Waals surface area contributed by atoms with Gasteiger partial charge in [-0.25, -0.2) is 4.79 Å². The SMILES string of the molecule is CCOC(=O)[C@H]1C(=O)ON=C1c1ccccc1. The van der Waals surface area contributed by atoms with Crippen LogP contribution >= 0.6 is 0 Å². The minimum atomic E-state index is -1.07. The van der Waals surface area contributed by atoms with Crippen LogP contribution in [0.1, 0.15) is 12.5 Å². The average molecular weight is 233 g/mol. The summed E-state index contributed by atoms with van der Waals surface area (Å²) >= 11 is 0. The molecule has 1 heterocycles. The van der Waals surface area contributed by atoms with Gasteiger partial charge in [0, 0.05) is 5.56 Å². The quantitative estimate of drug-likeness (QED) is 0.446. The Labute approximate surface area is 98.0 Å².